The standard InChI is InChI=1S/C14H11O.C9H9N.2ClH.Zr/c1-10-6-9-14(15-10)13-8-7-11-4-2-3-5-12(11)13;1-2-8-6-7-4-3-5-9(7)10-8;;;/h2-7,9,13H,1H3;3-6H,2H2,1H3;2*1H;/q-1;;;;+3/p-2. The van der Waals surface area contributed by atoms with Crippen LogP contribution in [0.25, 0.3) is 6.08 Å². The van der Waals surface area contributed by atoms with Gasteiger partial charge in [0.25, 0.3) is 0 Å². The summed E-state index contributed by atoms with van der Waals surface area (Å²) in [4.78, 5) is 4.39. The van der Waals surface area contributed by atoms with Gasteiger partial charge in [-0.2, -0.15) is 5.56 Å². The van der Waals surface area contributed by atoms with Crippen LogP contribution in [0.1, 0.15) is 41.9 Å². The smallest absolute Gasteiger partial charge is 1.00 e. The Balaban J connectivity index is 0.000000269. The van der Waals surface area contributed by atoms with Crippen LogP contribution in [0.5, 0.6) is 0 Å². The molecule has 1 radical (unpaired) electrons. The van der Waals surface area contributed by atoms with E-state index in [-0.39, 0.29) is 56.9 Å². The van der Waals surface area contributed by atoms with Crippen molar-refractivity contribution in [2.24, 2.45) is 4.99 Å². The molecule has 0 saturated carbocycles. The molecule has 1 aromatic heterocycles. The number of nitrogens with zero attached hydrogens (tertiary/aromatic N) is 1. The van der Waals surface area contributed by atoms with Gasteiger partial charge in [-0.25, -0.2) is 6.08 Å². The molecule has 141 valence electrons. The van der Waals surface area contributed by atoms with E-state index in [0.717, 1.165) is 23.6 Å². The molecule has 0 fully saturated rings. The van der Waals surface area contributed by atoms with E-state index < -0.39 is 0 Å². The van der Waals surface area contributed by atoms with Gasteiger partial charge in [-0.3, -0.25) is 11.1 Å². The third-order valence-electron chi connectivity index (χ3n) is 4.53. The molecular weight excluding hydrogens is 468 g/mol. The second-order valence-electron chi connectivity index (χ2n) is 6.29. The maximum atomic E-state index is 5.64. The van der Waals surface area contributed by atoms with E-state index in [1.54, 1.807) is 0 Å². The maximum Gasteiger partial charge on any atom is 3.00 e. The number of allylic oxidation sites excluding steroid dienone is 5. The molecule has 28 heavy (non-hydrogen) atoms. The quantitative estimate of drug-likeness (QED) is 0.538. The summed E-state index contributed by atoms with van der Waals surface area (Å²) >= 11 is 0. The van der Waals surface area contributed by atoms with Crippen LogP contribution in [0.3, 0.4) is 0 Å². The van der Waals surface area contributed by atoms with Crippen LogP contribution in [0.2, 0.25) is 0 Å². The number of aryl methyl sites for hydroxylation is 1. The zero-order valence-corrected chi connectivity index (χ0v) is 19.7. The molecule has 0 amide bonds. The number of hydrogen-bond acceptors (Lipinski definition) is 2. The van der Waals surface area contributed by atoms with E-state index in [0.29, 0.717) is 0 Å². The van der Waals surface area contributed by atoms with Gasteiger partial charge in [0.15, 0.2) is 0 Å². The normalized spacial score (nSPS) is 16.9. The molecule has 0 N–H and O–H groups in total. The summed E-state index contributed by atoms with van der Waals surface area (Å²) in [5, 5.41) is 0. The molecule has 0 spiro atoms. The number of fused-ring (bicyclic) bond motifs is 2. The molecule has 0 bridgehead atoms. The Kier molecular flexibility index (Phi) is 9.64. The van der Waals surface area contributed by atoms with Gasteiger partial charge in [0.05, 0.1) is 11.5 Å². The zero-order chi connectivity index (χ0) is 17.2. The van der Waals surface area contributed by atoms with Gasteiger partial charge < -0.3 is 29.2 Å². The molecule has 2 heterocycles. The molecule has 3 aliphatic rings. The van der Waals surface area contributed by atoms with Crippen LogP contribution in [0, 0.1) is 13.0 Å². The van der Waals surface area contributed by atoms with Crippen molar-refractivity contribution in [2.75, 3.05) is 0 Å². The number of furan rings is 1. The number of rotatable bonds is 2. The molecule has 2 aromatic rings. The maximum absolute atomic E-state index is 5.64. The summed E-state index contributed by atoms with van der Waals surface area (Å²) in [5.41, 5.74) is 6.14. The third kappa shape index (κ3) is 5.14. The molecular formula is C23H20Cl2NOZr. The Morgan fingerprint density at radius 3 is 2.57 bits per heavy atom. The predicted octanol–water partition coefficient (Wildman–Crippen LogP) is -0.213. The minimum atomic E-state index is 0. The summed E-state index contributed by atoms with van der Waals surface area (Å²) in [6, 6.07) is 12.4. The molecule has 0 saturated heterocycles. The second kappa shape index (κ2) is 11.0. The first-order valence-electron chi connectivity index (χ1n) is 8.67. The van der Waals surface area contributed by atoms with E-state index in [1.807, 2.05) is 37.3 Å². The first-order chi connectivity index (χ1) is 12.2. The largest absolute Gasteiger partial charge is 3.00 e. The Morgan fingerprint density at radius 1 is 1.11 bits per heavy atom. The van der Waals surface area contributed by atoms with Crippen molar-refractivity contribution in [3.05, 3.63) is 101 Å². The zero-order valence-electron chi connectivity index (χ0n) is 15.7. The number of benzene rings is 1. The van der Waals surface area contributed by atoms with Crippen molar-refractivity contribution < 1.29 is 55.4 Å². The minimum absolute atomic E-state index is 0. The fourth-order valence-electron chi connectivity index (χ4n) is 3.21. The van der Waals surface area contributed by atoms with Crippen LogP contribution in [-0.2, 0) is 26.2 Å². The molecule has 1 aromatic carbocycles. The Morgan fingerprint density at radius 2 is 1.89 bits per heavy atom. The summed E-state index contributed by atoms with van der Waals surface area (Å²) < 4.78 is 5.64. The summed E-state index contributed by atoms with van der Waals surface area (Å²) in [5.74, 6) is 2.11. The van der Waals surface area contributed by atoms with Gasteiger partial charge in [-0.1, -0.05) is 37.3 Å². The molecule has 2 nitrogen and oxygen atoms in total. The summed E-state index contributed by atoms with van der Waals surface area (Å²) in [6.45, 7) is 4.09. The van der Waals surface area contributed by atoms with Crippen LogP contribution < -0.4 is 24.8 Å². The topological polar surface area (TPSA) is 25.5 Å². The number of aliphatic imine (C=N–C) groups is 1. The van der Waals surface area contributed by atoms with Crippen molar-refractivity contribution in [2.45, 2.75) is 26.2 Å². The predicted molar refractivity (Wildman–Crippen MR) is 102 cm³/mol. The van der Waals surface area contributed by atoms with Crippen molar-refractivity contribution >= 4 is 11.8 Å². The summed E-state index contributed by atoms with van der Waals surface area (Å²) in [7, 11) is 0. The monoisotopic (exact) mass is 486 g/mol. The van der Waals surface area contributed by atoms with Crippen LogP contribution in [0.4, 0.5) is 0 Å². The Labute approximate surface area is 198 Å². The molecule has 2 aliphatic carbocycles. The Hall–Kier alpha value is -1.41. The molecule has 5 rings (SSSR count). The Bertz CT molecular complexity index is 966. The average molecular weight is 489 g/mol. The van der Waals surface area contributed by atoms with E-state index >= 15 is 0 Å². The van der Waals surface area contributed by atoms with Gasteiger partial charge in [-0.05, 0) is 43.5 Å². The van der Waals surface area contributed by atoms with E-state index in [4.69, 9.17) is 4.42 Å². The van der Waals surface area contributed by atoms with Crippen molar-refractivity contribution in [1.82, 2.24) is 0 Å². The van der Waals surface area contributed by atoms with Gasteiger partial charge in [-0.15, -0.1) is 11.6 Å². The molecule has 1 unspecified atom stereocenters. The molecule has 1 aliphatic heterocycles. The summed E-state index contributed by atoms with van der Waals surface area (Å²) in [6.07, 6.45) is 14.7. The van der Waals surface area contributed by atoms with Gasteiger partial charge >= 0.3 is 26.2 Å². The molecule has 1 atom stereocenters. The SMILES string of the molecule is CCC1=NC2=CC=CC2=C1.Cc1ccc(C2[C-]=Cc3ccccc32)o1.[Cl-].[Cl-].[Zr+3]. The van der Waals surface area contributed by atoms with Gasteiger partial charge in [0, 0.05) is 11.3 Å². The van der Waals surface area contributed by atoms with Crippen molar-refractivity contribution in [3.8, 4) is 0 Å². The fraction of sp³-hybridized carbons (Fsp3) is 0.174. The van der Waals surface area contributed by atoms with E-state index in [9.17, 15) is 0 Å². The van der Waals surface area contributed by atoms with Crippen LogP contribution in [-0.4, -0.2) is 5.71 Å². The fourth-order valence-corrected chi connectivity index (χ4v) is 3.21. The number of hydrogen-bond donors (Lipinski definition) is 0. The number of halogens is 2. The minimum Gasteiger partial charge on any atom is -1.00 e. The molecule has 5 heteroatoms. The first-order valence-corrected chi connectivity index (χ1v) is 8.67. The third-order valence-corrected chi connectivity index (χ3v) is 4.53. The van der Waals surface area contributed by atoms with E-state index in [2.05, 4.69) is 54.4 Å². The van der Waals surface area contributed by atoms with Gasteiger partial charge in [0.1, 0.15) is 5.76 Å². The first kappa shape index (κ1) is 24.6. The van der Waals surface area contributed by atoms with Gasteiger partial charge in [0.2, 0.25) is 0 Å². The van der Waals surface area contributed by atoms with Crippen LogP contribution >= 0.6 is 0 Å². The van der Waals surface area contributed by atoms with Crippen molar-refractivity contribution in [1.29, 1.82) is 0 Å². The second-order valence-corrected chi connectivity index (χ2v) is 6.29. The van der Waals surface area contributed by atoms with Crippen LogP contribution in [0.15, 0.2) is 81.4 Å². The average Bonchev–Trinajstić information content (AvgIpc) is 3.37. The van der Waals surface area contributed by atoms with Crippen molar-refractivity contribution in [3.63, 3.8) is 0 Å². The van der Waals surface area contributed by atoms with E-state index in [1.165, 1.54) is 22.4 Å².